The van der Waals surface area contributed by atoms with Crippen LogP contribution in [0, 0.1) is 0 Å². The molecule has 98 heavy (non-hydrogen) atoms. The number of aliphatic carboxylic acids is 5. The van der Waals surface area contributed by atoms with Crippen LogP contribution in [0.5, 0.6) is 0 Å². The monoisotopic (exact) mass is 1450 g/mol. The molecule has 0 bridgehead atoms. The number of carboxylic acids is 5. The molecule has 0 radical (unpaired) electrons. The third-order valence-electron chi connectivity index (χ3n) is 12.4. The number of carbonyl (C=O) groups is 8. The number of carbonyl (C=O) groups excluding carboxylic acids is 3. The first-order chi connectivity index (χ1) is 45.2. The topological polar surface area (TPSA) is 826 Å². The van der Waals surface area contributed by atoms with Gasteiger partial charge in [0.05, 0.1) is 83.6 Å². The van der Waals surface area contributed by atoms with Gasteiger partial charge in [0.1, 0.15) is 91.6 Å². The normalized spacial score (nSPS) is 24.8. The van der Waals surface area contributed by atoms with E-state index in [9.17, 15) is 79.2 Å². The van der Waals surface area contributed by atoms with Crippen molar-refractivity contribution in [2.75, 3.05) is 57.8 Å². The van der Waals surface area contributed by atoms with Gasteiger partial charge in [-0.1, -0.05) is 25.1 Å². The molecule has 3 aliphatic heterocycles. The van der Waals surface area contributed by atoms with E-state index in [4.69, 9.17) is 132 Å². The van der Waals surface area contributed by atoms with Crippen LogP contribution in [0.1, 0.15) is 65.7 Å². The van der Waals surface area contributed by atoms with E-state index in [1.54, 1.807) is 37.3 Å². The number of anilines is 1. The summed E-state index contributed by atoms with van der Waals surface area (Å²) in [6.45, 7) is 0.0968. The number of amides is 2. The van der Waals surface area contributed by atoms with Crippen LogP contribution in [0.15, 0.2) is 30.3 Å². The standard InChI is InChI=1S/C11H20O8.C10H9NO4.C7H14O5.C6H8O7.C6H12O6.2C4H10O4.C3H6O3.C3H8O2/c12-5-7(14)10(18)11(19)9(17)6(13)3-1-2-4-8(15)16;12-7-8(13)10(15)11(9(7)14)6-4-2-1-3-5-6;1-2-4-5(9)6(10)7(11,3-8)12-4;7-3(8)1-6(13,5(11)12)2-4(9)10;7-1-2(8)5-3(9)4(10)6(11)12-5;2*5-1-3(7)4(8)2-6;1-2(4)3(5)6;1-3(5)2-4/h7,9-12,14,17-19H,1-5H2,(H,15,16);1-5,7-8,12-13H;4-6,8-11H,2-3H2,1H3;13H,1-2H2,(H,7,8)(H,9,10)(H,11,12);2-11H,1H2;2*3-8H,1-2H2;2,4H,1H3,(H,5,6);3-5H,2H2,1H3/t;7-,8+;4-,5-,6+,7-;;2-,3+,4-,5-,6+;3-,4+;3-,4-;2-;3-/m..1.1.111/s1. The molecule has 3 heterocycles. The van der Waals surface area contributed by atoms with Gasteiger partial charge in [-0.2, -0.15) is 0 Å². The summed E-state index contributed by atoms with van der Waals surface area (Å²) in [5.41, 5.74) is -2.39. The van der Waals surface area contributed by atoms with E-state index in [2.05, 4.69) is 4.74 Å². The lowest BCUT2D eigenvalue weighted by Crippen LogP contribution is -2.48. The lowest BCUT2D eigenvalue weighted by molar-refractivity contribution is -0.245. The number of nitrogens with zero attached hydrogens (tertiary/aromatic N) is 1. The second kappa shape index (κ2) is 53.1. The zero-order chi connectivity index (χ0) is 77.9. The number of para-hydroxylation sites is 1. The predicted molar refractivity (Wildman–Crippen MR) is 316 cm³/mol. The lowest BCUT2D eigenvalue weighted by Gasteiger charge is -2.24. The van der Waals surface area contributed by atoms with Crippen LogP contribution in [0.2, 0.25) is 0 Å². The highest BCUT2D eigenvalue weighted by atomic mass is 16.7. The van der Waals surface area contributed by atoms with E-state index in [1.807, 2.05) is 0 Å². The Morgan fingerprint density at radius 2 is 0.939 bits per heavy atom. The first-order valence-electron chi connectivity index (χ1n) is 28.7. The molecule has 1 aromatic carbocycles. The summed E-state index contributed by atoms with van der Waals surface area (Å²) in [5.74, 6) is -11.5. The fourth-order valence-electron chi connectivity index (χ4n) is 6.55. The molecule has 3 saturated heterocycles. The Balaban J connectivity index is -0.000000339. The fraction of sp³-hybridized carbons (Fsp3) is 0.741. The van der Waals surface area contributed by atoms with E-state index in [0.29, 0.717) is 12.1 Å². The molecule has 0 saturated carbocycles. The van der Waals surface area contributed by atoms with Crippen molar-refractivity contribution >= 4 is 53.1 Å². The molecule has 21 atom stereocenters. The maximum absolute atomic E-state index is 11.4. The molecule has 1 aromatic rings. The van der Waals surface area contributed by atoms with E-state index in [-0.39, 0.29) is 32.3 Å². The van der Waals surface area contributed by atoms with Gasteiger partial charge in [0.15, 0.2) is 29.9 Å². The molecule has 0 spiro atoms. The Labute approximate surface area is 555 Å². The second-order valence-electron chi connectivity index (χ2n) is 20.7. The first-order valence-corrected chi connectivity index (χ1v) is 28.7. The van der Waals surface area contributed by atoms with E-state index in [0.717, 1.165) is 4.90 Å². The molecule has 4 unspecified atom stereocenters. The molecular formula is C54H97NO43. The quantitative estimate of drug-likeness (QED) is 0.0274. The first kappa shape index (κ1) is 101. The van der Waals surface area contributed by atoms with Crippen molar-refractivity contribution in [2.45, 2.75) is 199 Å². The van der Waals surface area contributed by atoms with Crippen molar-refractivity contribution in [1.29, 1.82) is 0 Å². The number of imide groups is 1. The molecule has 0 aliphatic carbocycles. The molecule has 44 nitrogen and oxygen atoms in total. The predicted octanol–water partition coefficient (Wildman–Crippen LogP) is -15.2. The maximum Gasteiger partial charge on any atom is 0.336 e. The summed E-state index contributed by atoms with van der Waals surface area (Å²) in [7, 11) is 0. The van der Waals surface area contributed by atoms with Crippen molar-refractivity contribution in [1.82, 2.24) is 0 Å². The zero-order valence-electron chi connectivity index (χ0n) is 52.8. The number of rotatable bonds is 28. The molecule has 576 valence electrons. The molecular weight excluding hydrogens is 1350 g/mol. The Kier molecular flexibility index (Phi) is 54.6. The van der Waals surface area contributed by atoms with Crippen molar-refractivity contribution in [3.8, 4) is 0 Å². The molecule has 33 N–H and O–H groups in total. The van der Waals surface area contributed by atoms with Gasteiger partial charge >= 0.3 is 29.8 Å². The van der Waals surface area contributed by atoms with Gasteiger partial charge < -0.3 is 178 Å². The summed E-state index contributed by atoms with van der Waals surface area (Å²) in [4.78, 5) is 85.2. The van der Waals surface area contributed by atoms with Crippen LogP contribution in [0.4, 0.5) is 5.69 Å². The number of carboxylic acid groups (broad SMARTS) is 5. The number of benzene rings is 1. The minimum Gasteiger partial charge on any atom is -0.481 e. The van der Waals surface area contributed by atoms with E-state index in [1.165, 1.54) is 13.8 Å². The van der Waals surface area contributed by atoms with Gasteiger partial charge in [-0.25, -0.2) is 14.5 Å². The number of unbranched alkanes of at least 4 members (excludes halogenated alkanes) is 1. The van der Waals surface area contributed by atoms with Crippen molar-refractivity contribution in [3.05, 3.63) is 30.3 Å². The van der Waals surface area contributed by atoms with Gasteiger partial charge in [-0.3, -0.25) is 28.8 Å². The SMILES string of the molecule is CC[C@H]1O[C@](O)(CO)[C@@H](O)[C@@H]1O.C[C@@H](O)C(=O)O.C[C@@H](O)CO.O=C(O)CC(O)(CC(=O)O)C(=O)O.O=C(O)CCCCC(=O)C(O)C(O)C(O)C(O)CO.O=C1[C@@H](O)[C@@H](O)C(=O)N1c1ccccc1.OC[C@@H](O)[C@@H](O)CO.OC[C@@H](O)[C@H](O)CO.OC[C@@H](O)[C@H]1O[C@H](O)[C@H](O)[C@@H]1O. The average Bonchev–Trinajstić information content (AvgIpc) is 1.66. The Morgan fingerprint density at radius 3 is 1.20 bits per heavy atom. The average molecular weight is 1450 g/mol. The van der Waals surface area contributed by atoms with Crippen LogP contribution in [-0.4, -0.2) is 402 Å². The molecule has 44 heteroatoms. The van der Waals surface area contributed by atoms with Gasteiger partial charge in [-0.05, 0) is 45.2 Å². The molecule has 3 aliphatic rings. The van der Waals surface area contributed by atoms with Gasteiger partial charge in [0, 0.05) is 12.8 Å². The number of ketones is 1. The smallest absolute Gasteiger partial charge is 0.336 e. The van der Waals surface area contributed by atoms with E-state index < -0.39 is 240 Å². The summed E-state index contributed by atoms with van der Waals surface area (Å²) in [6.07, 6.45) is -28.8. The molecule has 4 rings (SSSR count). The number of hydrogen-bond acceptors (Lipinski definition) is 38. The molecule has 0 aromatic heterocycles. The summed E-state index contributed by atoms with van der Waals surface area (Å²) < 4.78 is 9.46. The van der Waals surface area contributed by atoms with Crippen LogP contribution in [-0.2, 0) is 47.8 Å². The Morgan fingerprint density at radius 1 is 0.551 bits per heavy atom. The minimum atomic E-state index is -2.74. The fourth-order valence-corrected chi connectivity index (χ4v) is 6.55. The molecule has 2 amide bonds. The number of hydrogen-bond donors (Lipinski definition) is 33. The Bertz CT molecular complexity index is 2290. The molecule has 3 fully saturated rings. The van der Waals surface area contributed by atoms with Gasteiger partial charge in [0.25, 0.3) is 11.8 Å². The third-order valence-corrected chi connectivity index (χ3v) is 12.4. The zero-order valence-corrected chi connectivity index (χ0v) is 52.8. The van der Waals surface area contributed by atoms with E-state index >= 15 is 0 Å². The van der Waals surface area contributed by atoms with Gasteiger partial charge in [0.2, 0.25) is 5.79 Å². The second-order valence-corrected chi connectivity index (χ2v) is 20.7. The van der Waals surface area contributed by atoms with Crippen LogP contribution in [0.3, 0.4) is 0 Å². The van der Waals surface area contributed by atoms with Crippen LogP contribution < -0.4 is 4.90 Å². The highest BCUT2D eigenvalue weighted by molar-refractivity contribution is 6.24. The summed E-state index contributed by atoms with van der Waals surface area (Å²) in [6, 6.07) is 8.17. The lowest BCUT2D eigenvalue weighted by atomic mass is 9.96. The highest BCUT2D eigenvalue weighted by Gasteiger charge is 2.52. The van der Waals surface area contributed by atoms with Crippen LogP contribution in [0.25, 0.3) is 0 Å². The Hall–Kier alpha value is -5.82. The van der Waals surface area contributed by atoms with Gasteiger partial charge in [-0.15, -0.1) is 0 Å². The summed E-state index contributed by atoms with van der Waals surface area (Å²) >= 11 is 0. The number of aliphatic hydroxyl groups excluding tert-OH is 26. The van der Waals surface area contributed by atoms with Crippen LogP contribution >= 0.6 is 0 Å². The minimum absolute atomic E-state index is 0.0994. The number of ether oxygens (including phenoxy) is 2. The maximum atomic E-state index is 11.4. The van der Waals surface area contributed by atoms with Crippen molar-refractivity contribution < 1.29 is 216 Å². The summed E-state index contributed by atoms with van der Waals surface area (Å²) in [5, 5.41) is 285. The van der Waals surface area contributed by atoms with Crippen molar-refractivity contribution in [3.63, 3.8) is 0 Å². The van der Waals surface area contributed by atoms with Crippen molar-refractivity contribution in [2.24, 2.45) is 0 Å². The largest absolute Gasteiger partial charge is 0.481 e. The third kappa shape index (κ3) is 39.2. The number of aliphatic hydroxyl groups is 28. The highest BCUT2D eigenvalue weighted by Crippen LogP contribution is 2.30. The number of Topliss-reactive ketones (excluding diaryl/α,β-unsaturated/α-hetero) is 1.